The van der Waals surface area contributed by atoms with E-state index in [0.717, 1.165) is 19.3 Å². The number of halogens is 1. The molecule has 0 bridgehead atoms. The number of hydrogen-bond acceptors (Lipinski definition) is 3. The van der Waals surface area contributed by atoms with E-state index in [9.17, 15) is 9.59 Å². The SMILES string of the molecule is CC(=O)Nc1ccc(Cl)c(NC(=O)C2CCCC(N)C2)c1. The molecule has 1 aromatic rings. The van der Waals surface area contributed by atoms with Crippen molar-refractivity contribution in [3.05, 3.63) is 23.2 Å². The van der Waals surface area contributed by atoms with Crippen LogP contribution in [0.15, 0.2) is 18.2 Å². The predicted molar refractivity (Wildman–Crippen MR) is 84.3 cm³/mol. The summed E-state index contributed by atoms with van der Waals surface area (Å²) in [7, 11) is 0. The van der Waals surface area contributed by atoms with Crippen LogP contribution >= 0.6 is 11.6 Å². The van der Waals surface area contributed by atoms with Crippen LogP contribution in [0.3, 0.4) is 0 Å². The molecule has 2 rings (SSSR count). The average molecular weight is 310 g/mol. The Bertz CT molecular complexity index is 548. The summed E-state index contributed by atoms with van der Waals surface area (Å²) in [6.07, 6.45) is 3.50. The minimum Gasteiger partial charge on any atom is -0.328 e. The van der Waals surface area contributed by atoms with E-state index in [1.165, 1.54) is 6.92 Å². The first-order valence-electron chi connectivity index (χ1n) is 7.09. The van der Waals surface area contributed by atoms with Crippen LogP contribution in [0.25, 0.3) is 0 Å². The van der Waals surface area contributed by atoms with E-state index in [4.69, 9.17) is 17.3 Å². The molecule has 2 atom stereocenters. The molecule has 0 heterocycles. The molecule has 4 N–H and O–H groups in total. The van der Waals surface area contributed by atoms with Gasteiger partial charge in [0.05, 0.1) is 10.7 Å². The molecule has 0 aromatic heterocycles. The number of nitrogens with two attached hydrogens (primary N) is 1. The highest BCUT2D eigenvalue weighted by Gasteiger charge is 2.25. The van der Waals surface area contributed by atoms with Gasteiger partial charge < -0.3 is 16.4 Å². The zero-order valence-electron chi connectivity index (χ0n) is 12.0. The van der Waals surface area contributed by atoms with Crippen molar-refractivity contribution in [3.63, 3.8) is 0 Å². The fraction of sp³-hybridized carbons (Fsp3) is 0.467. The molecule has 2 unspecified atom stereocenters. The Kier molecular flexibility index (Phi) is 5.20. The zero-order chi connectivity index (χ0) is 15.4. The van der Waals surface area contributed by atoms with Gasteiger partial charge in [-0.15, -0.1) is 0 Å². The van der Waals surface area contributed by atoms with Gasteiger partial charge in [0.15, 0.2) is 0 Å². The van der Waals surface area contributed by atoms with Crippen LogP contribution in [0.4, 0.5) is 11.4 Å². The van der Waals surface area contributed by atoms with Crippen LogP contribution in [0, 0.1) is 5.92 Å². The molecule has 1 saturated carbocycles. The van der Waals surface area contributed by atoms with Crippen LogP contribution in [-0.4, -0.2) is 17.9 Å². The molecule has 1 aliphatic rings. The minimum atomic E-state index is -0.173. The normalized spacial score (nSPS) is 21.7. The molecule has 21 heavy (non-hydrogen) atoms. The number of carbonyl (C=O) groups is 2. The first-order chi connectivity index (χ1) is 9.95. The van der Waals surface area contributed by atoms with Crippen LogP contribution in [0.2, 0.25) is 5.02 Å². The van der Waals surface area contributed by atoms with Crippen molar-refractivity contribution in [2.24, 2.45) is 11.7 Å². The number of carbonyl (C=O) groups excluding carboxylic acids is 2. The number of hydrogen-bond donors (Lipinski definition) is 3. The van der Waals surface area contributed by atoms with Crippen molar-refractivity contribution >= 4 is 34.8 Å². The summed E-state index contributed by atoms with van der Waals surface area (Å²) in [5.74, 6) is -0.311. The molecule has 0 spiro atoms. The average Bonchev–Trinajstić information content (AvgIpc) is 2.42. The van der Waals surface area contributed by atoms with Crippen molar-refractivity contribution < 1.29 is 9.59 Å². The number of rotatable bonds is 3. The lowest BCUT2D eigenvalue weighted by Gasteiger charge is -2.25. The summed E-state index contributed by atoms with van der Waals surface area (Å²) in [5.41, 5.74) is 7.02. The van der Waals surface area contributed by atoms with Crippen molar-refractivity contribution in [1.29, 1.82) is 0 Å². The van der Waals surface area contributed by atoms with Crippen molar-refractivity contribution in [3.8, 4) is 0 Å². The second-order valence-corrected chi connectivity index (χ2v) is 5.90. The standard InChI is InChI=1S/C15H20ClN3O2/c1-9(20)18-12-5-6-13(16)14(8-12)19-15(21)10-3-2-4-11(17)7-10/h5-6,8,10-11H,2-4,7,17H2,1H3,(H,18,20)(H,19,21). The van der Waals surface area contributed by atoms with E-state index in [1.807, 2.05) is 0 Å². The molecule has 1 fully saturated rings. The molecule has 1 aromatic carbocycles. The van der Waals surface area contributed by atoms with Gasteiger partial charge in [-0.1, -0.05) is 18.0 Å². The fourth-order valence-corrected chi connectivity index (χ4v) is 2.77. The van der Waals surface area contributed by atoms with Gasteiger partial charge in [0.2, 0.25) is 11.8 Å². The smallest absolute Gasteiger partial charge is 0.227 e. The van der Waals surface area contributed by atoms with E-state index in [2.05, 4.69) is 10.6 Å². The van der Waals surface area contributed by atoms with Crippen LogP contribution < -0.4 is 16.4 Å². The third-order valence-electron chi connectivity index (χ3n) is 3.63. The summed E-state index contributed by atoms with van der Waals surface area (Å²) in [6.45, 7) is 1.43. The quantitative estimate of drug-likeness (QED) is 0.802. The van der Waals surface area contributed by atoms with Crippen molar-refractivity contribution in [2.45, 2.75) is 38.6 Å². The molecule has 0 aliphatic heterocycles. The highest BCUT2D eigenvalue weighted by atomic mass is 35.5. The first kappa shape index (κ1) is 15.8. The lowest BCUT2D eigenvalue weighted by atomic mass is 9.85. The topological polar surface area (TPSA) is 84.2 Å². The van der Waals surface area contributed by atoms with E-state index in [-0.39, 0.29) is 23.8 Å². The third-order valence-corrected chi connectivity index (χ3v) is 3.96. The molecule has 0 radical (unpaired) electrons. The van der Waals surface area contributed by atoms with E-state index in [1.54, 1.807) is 18.2 Å². The largest absolute Gasteiger partial charge is 0.328 e. The number of anilines is 2. The Morgan fingerprint density at radius 1 is 1.29 bits per heavy atom. The number of nitrogens with one attached hydrogen (secondary N) is 2. The second-order valence-electron chi connectivity index (χ2n) is 5.49. The van der Waals surface area contributed by atoms with Gasteiger partial charge in [0.25, 0.3) is 0 Å². The lowest BCUT2D eigenvalue weighted by molar-refractivity contribution is -0.121. The van der Waals surface area contributed by atoms with E-state index in [0.29, 0.717) is 22.8 Å². The fourth-order valence-electron chi connectivity index (χ4n) is 2.60. The number of benzene rings is 1. The minimum absolute atomic E-state index is 0.0629. The van der Waals surface area contributed by atoms with Gasteiger partial charge in [0, 0.05) is 24.6 Å². The summed E-state index contributed by atoms with van der Waals surface area (Å²) in [6, 6.07) is 5.09. The van der Waals surface area contributed by atoms with Crippen LogP contribution in [0.5, 0.6) is 0 Å². The maximum Gasteiger partial charge on any atom is 0.227 e. The molecular formula is C15H20ClN3O2. The van der Waals surface area contributed by atoms with Crippen LogP contribution in [-0.2, 0) is 9.59 Å². The van der Waals surface area contributed by atoms with E-state index >= 15 is 0 Å². The van der Waals surface area contributed by atoms with Crippen LogP contribution in [0.1, 0.15) is 32.6 Å². The Balaban J connectivity index is 2.07. The molecule has 1 aliphatic carbocycles. The molecule has 6 heteroatoms. The van der Waals surface area contributed by atoms with Gasteiger partial charge >= 0.3 is 0 Å². The summed E-state index contributed by atoms with van der Waals surface area (Å²) < 4.78 is 0. The van der Waals surface area contributed by atoms with Gasteiger partial charge in [0.1, 0.15) is 0 Å². The lowest BCUT2D eigenvalue weighted by Crippen LogP contribution is -2.34. The molecular weight excluding hydrogens is 290 g/mol. The highest BCUT2D eigenvalue weighted by molar-refractivity contribution is 6.33. The molecule has 5 nitrogen and oxygen atoms in total. The zero-order valence-corrected chi connectivity index (χ0v) is 12.7. The second kappa shape index (κ2) is 6.91. The summed E-state index contributed by atoms with van der Waals surface area (Å²) >= 11 is 6.09. The Labute approximate surface area is 129 Å². The van der Waals surface area contributed by atoms with Crippen molar-refractivity contribution in [1.82, 2.24) is 0 Å². The van der Waals surface area contributed by atoms with Gasteiger partial charge in [-0.3, -0.25) is 9.59 Å². The third kappa shape index (κ3) is 4.44. The molecule has 2 amide bonds. The maximum atomic E-state index is 12.3. The number of amides is 2. The Hall–Kier alpha value is -1.59. The Morgan fingerprint density at radius 2 is 2.05 bits per heavy atom. The molecule has 0 saturated heterocycles. The van der Waals surface area contributed by atoms with Gasteiger partial charge in [-0.2, -0.15) is 0 Å². The Morgan fingerprint density at radius 3 is 2.71 bits per heavy atom. The summed E-state index contributed by atoms with van der Waals surface area (Å²) in [4.78, 5) is 23.4. The maximum absolute atomic E-state index is 12.3. The highest BCUT2D eigenvalue weighted by Crippen LogP contribution is 2.29. The monoisotopic (exact) mass is 309 g/mol. The predicted octanol–water partition coefficient (Wildman–Crippen LogP) is 2.75. The van der Waals surface area contributed by atoms with E-state index < -0.39 is 0 Å². The molecule has 114 valence electrons. The van der Waals surface area contributed by atoms with Crippen molar-refractivity contribution in [2.75, 3.05) is 10.6 Å². The van der Waals surface area contributed by atoms with Gasteiger partial charge in [-0.25, -0.2) is 0 Å². The van der Waals surface area contributed by atoms with Gasteiger partial charge in [-0.05, 0) is 37.5 Å². The summed E-state index contributed by atoms with van der Waals surface area (Å²) in [5, 5.41) is 5.94. The first-order valence-corrected chi connectivity index (χ1v) is 7.47.